The number of morpholine rings is 1. The molecule has 19 heavy (non-hydrogen) atoms. The van der Waals surface area contributed by atoms with Crippen LogP contribution in [-0.2, 0) is 11.3 Å². The average Bonchev–Trinajstić information content (AvgIpc) is 2.31. The molecule has 0 aromatic heterocycles. The number of aliphatic hydroxyl groups excluding tert-OH is 1. The summed E-state index contributed by atoms with van der Waals surface area (Å²) >= 11 is 9.66. The van der Waals surface area contributed by atoms with Crippen molar-refractivity contribution in [3.05, 3.63) is 33.3 Å². The summed E-state index contributed by atoms with van der Waals surface area (Å²) in [5, 5.41) is 10.1. The maximum atomic E-state index is 9.31. The van der Waals surface area contributed by atoms with E-state index in [9.17, 15) is 5.11 Å². The zero-order chi connectivity index (χ0) is 14.0. The monoisotopic (exact) mass is 347 g/mol. The van der Waals surface area contributed by atoms with Gasteiger partial charge in [0.1, 0.15) is 0 Å². The van der Waals surface area contributed by atoms with Crippen molar-refractivity contribution in [2.45, 2.75) is 32.1 Å². The lowest BCUT2D eigenvalue weighted by Gasteiger charge is -2.42. The molecule has 106 valence electrons. The van der Waals surface area contributed by atoms with E-state index < -0.39 is 0 Å². The zero-order valence-corrected chi connectivity index (χ0v) is 13.5. The molecule has 1 aliphatic heterocycles. The second kappa shape index (κ2) is 6.10. The van der Waals surface area contributed by atoms with E-state index in [-0.39, 0.29) is 18.3 Å². The van der Waals surface area contributed by atoms with E-state index in [1.54, 1.807) is 0 Å². The Hall–Kier alpha value is -0.130. The summed E-state index contributed by atoms with van der Waals surface area (Å²) in [6, 6.07) is 5.94. The summed E-state index contributed by atoms with van der Waals surface area (Å²) in [5.41, 5.74) is 0.854. The van der Waals surface area contributed by atoms with Crippen molar-refractivity contribution < 1.29 is 9.84 Å². The molecule has 0 amide bonds. The third-order valence-corrected chi connectivity index (χ3v) is 4.01. The first-order valence-electron chi connectivity index (χ1n) is 6.34. The quantitative estimate of drug-likeness (QED) is 0.911. The molecule has 2 rings (SSSR count). The normalized spacial score (nSPS) is 23.5. The van der Waals surface area contributed by atoms with Gasteiger partial charge < -0.3 is 9.84 Å². The number of hydrogen-bond acceptors (Lipinski definition) is 3. The molecule has 0 saturated carbocycles. The van der Waals surface area contributed by atoms with Crippen LogP contribution < -0.4 is 0 Å². The Bertz CT molecular complexity index is 453. The fraction of sp³-hybridized carbons (Fsp3) is 0.571. The van der Waals surface area contributed by atoms with Crippen molar-refractivity contribution in [3.63, 3.8) is 0 Å². The number of ether oxygens (including phenoxy) is 1. The van der Waals surface area contributed by atoms with Crippen molar-refractivity contribution in [1.29, 1.82) is 0 Å². The van der Waals surface area contributed by atoms with Gasteiger partial charge in [-0.3, -0.25) is 4.90 Å². The SMILES string of the molecule is CC1(C)CN(Cc2ccc(Br)cc2Cl)CC(CO)O1. The van der Waals surface area contributed by atoms with Crippen LogP contribution in [0.25, 0.3) is 0 Å². The lowest BCUT2D eigenvalue weighted by Crippen LogP contribution is -2.53. The molecule has 0 aliphatic carbocycles. The van der Waals surface area contributed by atoms with Crippen LogP contribution in [0.2, 0.25) is 5.02 Å². The minimum Gasteiger partial charge on any atom is -0.394 e. The van der Waals surface area contributed by atoms with E-state index in [1.807, 2.05) is 32.0 Å². The maximum absolute atomic E-state index is 9.31. The van der Waals surface area contributed by atoms with Crippen molar-refractivity contribution in [2.24, 2.45) is 0 Å². The molecule has 1 aromatic rings. The molecule has 0 spiro atoms. The largest absolute Gasteiger partial charge is 0.394 e. The molecule has 1 saturated heterocycles. The Morgan fingerprint density at radius 3 is 2.89 bits per heavy atom. The van der Waals surface area contributed by atoms with Gasteiger partial charge in [0.2, 0.25) is 0 Å². The summed E-state index contributed by atoms with van der Waals surface area (Å²) < 4.78 is 6.79. The topological polar surface area (TPSA) is 32.7 Å². The van der Waals surface area contributed by atoms with Gasteiger partial charge in [0, 0.05) is 29.1 Å². The van der Waals surface area contributed by atoms with Gasteiger partial charge in [0.05, 0.1) is 18.3 Å². The van der Waals surface area contributed by atoms with E-state index in [2.05, 4.69) is 20.8 Å². The number of nitrogens with zero attached hydrogens (tertiary/aromatic N) is 1. The first-order valence-corrected chi connectivity index (χ1v) is 7.52. The summed E-state index contributed by atoms with van der Waals surface area (Å²) in [4.78, 5) is 2.28. The van der Waals surface area contributed by atoms with Crippen molar-refractivity contribution in [2.75, 3.05) is 19.7 Å². The first-order chi connectivity index (χ1) is 8.89. The highest BCUT2D eigenvalue weighted by molar-refractivity contribution is 9.10. The lowest BCUT2D eigenvalue weighted by molar-refractivity contribution is -0.150. The summed E-state index contributed by atoms with van der Waals surface area (Å²) in [5.74, 6) is 0. The Morgan fingerprint density at radius 2 is 2.26 bits per heavy atom. The van der Waals surface area contributed by atoms with Crippen LogP contribution in [0, 0.1) is 0 Å². The lowest BCUT2D eigenvalue weighted by atomic mass is 10.0. The predicted molar refractivity (Wildman–Crippen MR) is 80.5 cm³/mol. The smallest absolute Gasteiger partial charge is 0.0940 e. The van der Waals surface area contributed by atoms with Gasteiger partial charge in [-0.2, -0.15) is 0 Å². The highest BCUT2D eigenvalue weighted by Crippen LogP contribution is 2.26. The Kier molecular flexibility index (Phi) is 4.90. The Morgan fingerprint density at radius 1 is 1.53 bits per heavy atom. The van der Waals surface area contributed by atoms with Crippen LogP contribution in [0.1, 0.15) is 19.4 Å². The molecule has 1 aromatic carbocycles. The minimum atomic E-state index is -0.243. The molecule has 0 bridgehead atoms. The van der Waals surface area contributed by atoms with Crippen LogP contribution in [0.3, 0.4) is 0 Å². The third kappa shape index (κ3) is 4.17. The van der Waals surface area contributed by atoms with Gasteiger partial charge in [-0.05, 0) is 31.5 Å². The Labute approximate surface area is 127 Å². The second-order valence-electron chi connectivity index (χ2n) is 5.59. The van der Waals surface area contributed by atoms with E-state index in [0.29, 0.717) is 0 Å². The van der Waals surface area contributed by atoms with E-state index in [1.165, 1.54) is 0 Å². The molecule has 1 heterocycles. The standard InChI is InChI=1S/C14H19BrClNO2/c1-14(2)9-17(7-12(8-18)19-14)6-10-3-4-11(15)5-13(10)16/h3-5,12,18H,6-9H2,1-2H3. The number of rotatable bonds is 3. The fourth-order valence-electron chi connectivity index (χ4n) is 2.52. The molecule has 1 unspecified atom stereocenters. The van der Waals surface area contributed by atoms with E-state index in [4.69, 9.17) is 16.3 Å². The van der Waals surface area contributed by atoms with Crippen LogP contribution in [0.5, 0.6) is 0 Å². The average molecular weight is 349 g/mol. The molecule has 1 fully saturated rings. The van der Waals surface area contributed by atoms with Crippen LogP contribution in [-0.4, -0.2) is 41.4 Å². The third-order valence-electron chi connectivity index (χ3n) is 3.16. The van der Waals surface area contributed by atoms with Gasteiger partial charge in [0.15, 0.2) is 0 Å². The van der Waals surface area contributed by atoms with Crippen molar-refractivity contribution in [1.82, 2.24) is 4.90 Å². The molecule has 1 atom stereocenters. The summed E-state index contributed by atoms with van der Waals surface area (Å²) in [6.07, 6.45) is -0.127. The molecular formula is C14H19BrClNO2. The van der Waals surface area contributed by atoms with Gasteiger partial charge in [-0.25, -0.2) is 0 Å². The molecule has 1 N–H and O–H groups in total. The number of hydrogen-bond donors (Lipinski definition) is 1. The summed E-state index contributed by atoms with van der Waals surface area (Å²) in [7, 11) is 0. The number of halogens is 2. The van der Waals surface area contributed by atoms with E-state index in [0.717, 1.165) is 34.7 Å². The van der Waals surface area contributed by atoms with Gasteiger partial charge in [0.25, 0.3) is 0 Å². The first kappa shape index (κ1) is 15.3. The fourth-order valence-corrected chi connectivity index (χ4v) is 3.26. The highest BCUT2D eigenvalue weighted by atomic mass is 79.9. The van der Waals surface area contributed by atoms with E-state index >= 15 is 0 Å². The van der Waals surface area contributed by atoms with Gasteiger partial charge >= 0.3 is 0 Å². The Balaban J connectivity index is 2.09. The predicted octanol–water partition coefficient (Wildman–Crippen LogP) is 3.07. The second-order valence-corrected chi connectivity index (χ2v) is 6.91. The molecule has 1 aliphatic rings. The summed E-state index contributed by atoms with van der Waals surface area (Å²) in [6.45, 7) is 6.47. The van der Waals surface area contributed by atoms with Crippen molar-refractivity contribution in [3.8, 4) is 0 Å². The van der Waals surface area contributed by atoms with Crippen molar-refractivity contribution >= 4 is 27.5 Å². The molecular weight excluding hydrogens is 330 g/mol. The van der Waals surface area contributed by atoms with Gasteiger partial charge in [-0.1, -0.05) is 33.6 Å². The maximum Gasteiger partial charge on any atom is 0.0940 e. The molecule has 3 nitrogen and oxygen atoms in total. The molecule has 0 radical (unpaired) electrons. The van der Waals surface area contributed by atoms with Crippen LogP contribution >= 0.6 is 27.5 Å². The zero-order valence-electron chi connectivity index (χ0n) is 11.2. The number of benzene rings is 1. The van der Waals surface area contributed by atoms with Crippen LogP contribution in [0.15, 0.2) is 22.7 Å². The highest BCUT2D eigenvalue weighted by Gasteiger charge is 2.33. The molecule has 5 heteroatoms. The van der Waals surface area contributed by atoms with Gasteiger partial charge in [-0.15, -0.1) is 0 Å². The van der Waals surface area contributed by atoms with Crippen LogP contribution in [0.4, 0.5) is 0 Å². The number of aliphatic hydroxyl groups is 1. The minimum absolute atomic E-state index is 0.0496.